The van der Waals surface area contributed by atoms with Gasteiger partial charge in [0.15, 0.2) is 5.65 Å². The van der Waals surface area contributed by atoms with Crippen molar-refractivity contribution in [2.24, 2.45) is 0 Å². The molecule has 1 aromatic carbocycles. The Bertz CT molecular complexity index is 1060. The van der Waals surface area contributed by atoms with Crippen molar-refractivity contribution >= 4 is 28.5 Å². The Balaban J connectivity index is 1.63. The molecule has 3 heterocycles. The van der Waals surface area contributed by atoms with Crippen LogP contribution in [0.5, 0.6) is 5.75 Å². The van der Waals surface area contributed by atoms with Gasteiger partial charge in [-0.1, -0.05) is 18.5 Å². The van der Waals surface area contributed by atoms with Gasteiger partial charge in [-0.15, -0.1) is 0 Å². The van der Waals surface area contributed by atoms with Crippen LogP contribution in [0, 0.1) is 13.8 Å². The number of aromatic nitrogens is 4. The number of nitrogen functional groups attached to an aromatic ring is 1. The number of methoxy groups -OCH3 is 1. The molecule has 0 aliphatic carbocycles. The van der Waals surface area contributed by atoms with Gasteiger partial charge in [0, 0.05) is 41.7 Å². The summed E-state index contributed by atoms with van der Waals surface area (Å²) in [6, 6.07) is 2.01. The minimum Gasteiger partial charge on any atom is -0.496 e. The summed E-state index contributed by atoms with van der Waals surface area (Å²) in [6.07, 6.45) is 1.35. The Morgan fingerprint density at radius 1 is 1.28 bits per heavy atom. The molecule has 7 nitrogen and oxygen atoms in total. The number of hydrogen-bond acceptors (Lipinski definition) is 6. The number of anilines is 1. The highest BCUT2D eigenvalue weighted by molar-refractivity contribution is 6.31. The molecule has 3 aromatic rings. The summed E-state index contributed by atoms with van der Waals surface area (Å²) >= 11 is 6.60. The van der Waals surface area contributed by atoms with Crippen LogP contribution >= 0.6 is 11.6 Å². The number of benzene rings is 1. The molecule has 4 rings (SSSR count). The first-order chi connectivity index (χ1) is 13.9. The minimum absolute atomic E-state index is 0.456. The fourth-order valence-corrected chi connectivity index (χ4v) is 4.47. The van der Waals surface area contributed by atoms with Crippen LogP contribution in [-0.4, -0.2) is 51.8 Å². The summed E-state index contributed by atoms with van der Waals surface area (Å²) in [6.45, 7) is 9.34. The van der Waals surface area contributed by atoms with Crippen molar-refractivity contribution in [3.63, 3.8) is 0 Å². The third kappa shape index (κ3) is 3.53. The molecule has 0 spiro atoms. The van der Waals surface area contributed by atoms with Crippen LogP contribution in [0.15, 0.2) is 6.07 Å². The second kappa shape index (κ2) is 7.80. The van der Waals surface area contributed by atoms with Crippen molar-refractivity contribution in [1.82, 2.24) is 25.1 Å². The highest BCUT2D eigenvalue weighted by Crippen LogP contribution is 2.41. The Morgan fingerprint density at radius 2 is 2.03 bits per heavy atom. The fourth-order valence-electron chi connectivity index (χ4n) is 4.23. The maximum Gasteiger partial charge on any atom is 0.186 e. The number of aryl methyl sites for hydroxylation is 3. The SMILES string of the molecule is CCN1CC(c2c(C)c(Cl)cc(CCc3nc(N)c4c(C)[nH]nc4n3)c2OC)C1. The van der Waals surface area contributed by atoms with E-state index in [4.69, 9.17) is 22.1 Å². The molecule has 0 amide bonds. The molecular formula is C21H27ClN6O. The number of likely N-dealkylation sites (N-methyl/N-ethyl adjacent to an activating group) is 1. The molecule has 1 aliphatic rings. The molecule has 0 bridgehead atoms. The molecule has 1 saturated heterocycles. The fraction of sp³-hybridized carbons (Fsp3) is 0.476. The van der Waals surface area contributed by atoms with Crippen LogP contribution in [0.1, 0.15) is 41.1 Å². The molecule has 1 fully saturated rings. The summed E-state index contributed by atoms with van der Waals surface area (Å²) < 4.78 is 5.86. The number of rotatable bonds is 6. The molecule has 29 heavy (non-hydrogen) atoms. The average Bonchev–Trinajstić information content (AvgIpc) is 3.04. The van der Waals surface area contributed by atoms with E-state index < -0.39 is 0 Å². The highest BCUT2D eigenvalue weighted by atomic mass is 35.5. The van der Waals surface area contributed by atoms with Crippen molar-refractivity contribution in [3.8, 4) is 5.75 Å². The van der Waals surface area contributed by atoms with Gasteiger partial charge in [-0.2, -0.15) is 5.10 Å². The first-order valence-electron chi connectivity index (χ1n) is 9.98. The van der Waals surface area contributed by atoms with Gasteiger partial charge in [-0.05, 0) is 44.0 Å². The van der Waals surface area contributed by atoms with E-state index in [1.165, 1.54) is 5.56 Å². The Labute approximate surface area is 175 Å². The molecule has 0 atom stereocenters. The zero-order valence-electron chi connectivity index (χ0n) is 17.3. The van der Waals surface area contributed by atoms with E-state index in [0.29, 0.717) is 29.6 Å². The number of fused-ring (bicyclic) bond motifs is 1. The number of nitrogens with one attached hydrogen (secondary N) is 1. The second-order valence-electron chi connectivity index (χ2n) is 7.71. The van der Waals surface area contributed by atoms with Crippen molar-refractivity contribution in [2.75, 3.05) is 32.5 Å². The number of likely N-dealkylation sites (tertiary alicyclic amines) is 1. The average molecular weight is 415 g/mol. The van der Waals surface area contributed by atoms with E-state index >= 15 is 0 Å². The third-order valence-electron chi connectivity index (χ3n) is 5.90. The van der Waals surface area contributed by atoms with Gasteiger partial charge in [0.1, 0.15) is 17.4 Å². The van der Waals surface area contributed by atoms with Crippen LogP contribution in [-0.2, 0) is 12.8 Å². The molecule has 2 aromatic heterocycles. The largest absolute Gasteiger partial charge is 0.496 e. The zero-order chi connectivity index (χ0) is 20.7. The van der Waals surface area contributed by atoms with Crippen molar-refractivity contribution in [3.05, 3.63) is 39.3 Å². The molecule has 0 unspecified atom stereocenters. The molecule has 1 aliphatic heterocycles. The third-order valence-corrected chi connectivity index (χ3v) is 6.30. The number of nitrogens with zero attached hydrogens (tertiary/aromatic N) is 4. The summed E-state index contributed by atoms with van der Waals surface area (Å²) in [7, 11) is 1.74. The standard InChI is InChI=1S/C21H27ClN6O/c1-5-28-9-14(10-28)17-11(2)15(22)8-13(19(17)29-4)6-7-16-24-20(23)18-12(3)26-27-21(18)25-16/h8,14H,5-7,9-10H2,1-4H3,(H3,23,24,25,26,27). The first-order valence-corrected chi connectivity index (χ1v) is 10.4. The van der Waals surface area contributed by atoms with Crippen molar-refractivity contribution in [1.29, 1.82) is 0 Å². The maximum absolute atomic E-state index is 6.60. The monoisotopic (exact) mass is 414 g/mol. The van der Waals surface area contributed by atoms with Gasteiger partial charge in [-0.25, -0.2) is 9.97 Å². The van der Waals surface area contributed by atoms with E-state index in [0.717, 1.165) is 59.0 Å². The summed E-state index contributed by atoms with van der Waals surface area (Å²) in [5.41, 5.74) is 11.0. The molecule has 8 heteroatoms. The highest BCUT2D eigenvalue weighted by Gasteiger charge is 2.32. The van der Waals surface area contributed by atoms with Gasteiger partial charge in [0.2, 0.25) is 0 Å². The number of nitrogens with two attached hydrogens (primary N) is 1. The zero-order valence-corrected chi connectivity index (χ0v) is 18.1. The van der Waals surface area contributed by atoms with Gasteiger partial charge in [0.05, 0.1) is 12.5 Å². The van der Waals surface area contributed by atoms with E-state index in [9.17, 15) is 0 Å². The Hall–Kier alpha value is -2.38. The first kappa shape index (κ1) is 19.9. The maximum atomic E-state index is 6.60. The van der Waals surface area contributed by atoms with Gasteiger partial charge in [-0.3, -0.25) is 5.10 Å². The van der Waals surface area contributed by atoms with Crippen LogP contribution in [0.2, 0.25) is 5.02 Å². The van der Waals surface area contributed by atoms with Crippen LogP contribution in [0.25, 0.3) is 11.0 Å². The summed E-state index contributed by atoms with van der Waals surface area (Å²) in [4.78, 5) is 11.5. The second-order valence-corrected chi connectivity index (χ2v) is 8.12. The lowest BCUT2D eigenvalue weighted by atomic mass is 9.85. The normalized spacial score (nSPS) is 15.1. The lowest BCUT2D eigenvalue weighted by molar-refractivity contribution is 0.154. The molecular weight excluding hydrogens is 388 g/mol. The number of halogens is 1. The van der Waals surface area contributed by atoms with E-state index in [-0.39, 0.29) is 0 Å². The van der Waals surface area contributed by atoms with Crippen LogP contribution in [0.4, 0.5) is 5.82 Å². The van der Waals surface area contributed by atoms with E-state index in [2.05, 4.69) is 38.9 Å². The topological polar surface area (TPSA) is 93.0 Å². The molecule has 3 N–H and O–H groups in total. The lowest BCUT2D eigenvalue weighted by Crippen LogP contribution is -2.45. The van der Waals surface area contributed by atoms with Crippen molar-refractivity contribution < 1.29 is 4.74 Å². The van der Waals surface area contributed by atoms with Gasteiger partial charge in [0.25, 0.3) is 0 Å². The Kier molecular flexibility index (Phi) is 5.36. The molecule has 0 radical (unpaired) electrons. The lowest BCUT2D eigenvalue weighted by Gasteiger charge is -2.40. The predicted octanol–water partition coefficient (Wildman–Crippen LogP) is 3.42. The predicted molar refractivity (Wildman–Crippen MR) is 116 cm³/mol. The Morgan fingerprint density at radius 3 is 2.72 bits per heavy atom. The molecule has 154 valence electrons. The number of ether oxygens (including phenoxy) is 1. The van der Waals surface area contributed by atoms with Crippen LogP contribution in [0.3, 0.4) is 0 Å². The minimum atomic E-state index is 0.456. The summed E-state index contributed by atoms with van der Waals surface area (Å²) in [5.74, 6) is 2.53. The van der Waals surface area contributed by atoms with E-state index in [1.54, 1.807) is 7.11 Å². The number of H-pyrrole nitrogens is 1. The van der Waals surface area contributed by atoms with Crippen LogP contribution < -0.4 is 10.5 Å². The van der Waals surface area contributed by atoms with Crippen molar-refractivity contribution in [2.45, 2.75) is 39.5 Å². The number of aromatic amines is 1. The van der Waals surface area contributed by atoms with Gasteiger partial charge >= 0.3 is 0 Å². The molecule has 0 saturated carbocycles. The smallest absolute Gasteiger partial charge is 0.186 e. The summed E-state index contributed by atoms with van der Waals surface area (Å²) in [5, 5.41) is 8.71. The van der Waals surface area contributed by atoms with E-state index in [1.807, 2.05) is 13.0 Å². The van der Waals surface area contributed by atoms with Gasteiger partial charge < -0.3 is 15.4 Å². The quantitative estimate of drug-likeness (QED) is 0.642. The number of hydrogen-bond donors (Lipinski definition) is 2.